The van der Waals surface area contributed by atoms with Crippen LogP contribution in [-0.2, 0) is 0 Å². The summed E-state index contributed by atoms with van der Waals surface area (Å²) in [6.45, 7) is 6.22. The van der Waals surface area contributed by atoms with Gasteiger partial charge in [0.1, 0.15) is 5.84 Å². The van der Waals surface area contributed by atoms with E-state index in [-0.39, 0.29) is 5.41 Å². The zero-order valence-electron chi connectivity index (χ0n) is 10.9. The molecule has 0 amide bonds. The van der Waals surface area contributed by atoms with Crippen LogP contribution in [0.25, 0.3) is 6.08 Å². The summed E-state index contributed by atoms with van der Waals surface area (Å²) >= 11 is 11.8. The largest absolute Gasteiger partial charge is 0.387 e. The molecule has 1 aromatic rings. The number of hydrogen-bond acceptors (Lipinski definition) is 1. The van der Waals surface area contributed by atoms with E-state index in [9.17, 15) is 0 Å². The van der Waals surface area contributed by atoms with Crippen LogP contribution in [-0.4, -0.2) is 5.84 Å². The van der Waals surface area contributed by atoms with Gasteiger partial charge in [-0.1, -0.05) is 50.0 Å². The number of nitrogens with zero attached hydrogens (tertiary/aromatic N) is 1. The van der Waals surface area contributed by atoms with Gasteiger partial charge in [0.15, 0.2) is 0 Å². The van der Waals surface area contributed by atoms with Crippen LogP contribution < -0.4 is 5.73 Å². The zero-order valence-corrected chi connectivity index (χ0v) is 12.4. The summed E-state index contributed by atoms with van der Waals surface area (Å²) in [6.07, 6.45) is 4.48. The summed E-state index contributed by atoms with van der Waals surface area (Å²) in [4.78, 5) is 4.25. The molecule has 0 bridgehead atoms. The molecule has 0 atom stereocenters. The standard InChI is InChI=1S/C14H18Cl2N2/c1-4-14(2,3)13(17)18-8-7-10-5-6-11(15)12(16)9-10/h5-9H,4H2,1-3H3,(H2,17,18). The minimum Gasteiger partial charge on any atom is -0.387 e. The lowest BCUT2D eigenvalue weighted by atomic mass is 9.89. The molecule has 98 valence electrons. The fourth-order valence-corrected chi connectivity index (χ4v) is 1.48. The number of hydrogen-bond donors (Lipinski definition) is 1. The van der Waals surface area contributed by atoms with Crippen molar-refractivity contribution in [3.63, 3.8) is 0 Å². The van der Waals surface area contributed by atoms with Crippen molar-refractivity contribution in [3.8, 4) is 0 Å². The van der Waals surface area contributed by atoms with Crippen LogP contribution in [0.1, 0.15) is 32.8 Å². The number of rotatable bonds is 4. The molecule has 0 heterocycles. The molecule has 0 aliphatic heterocycles. The van der Waals surface area contributed by atoms with Crippen molar-refractivity contribution in [1.82, 2.24) is 0 Å². The first-order valence-electron chi connectivity index (χ1n) is 5.82. The van der Waals surface area contributed by atoms with Crippen LogP contribution in [0.15, 0.2) is 29.4 Å². The molecule has 0 aliphatic rings. The number of nitrogens with two attached hydrogens (primary N) is 1. The smallest absolute Gasteiger partial charge is 0.105 e. The Morgan fingerprint density at radius 1 is 1.33 bits per heavy atom. The van der Waals surface area contributed by atoms with Gasteiger partial charge in [-0.3, -0.25) is 0 Å². The summed E-state index contributed by atoms with van der Waals surface area (Å²) in [6, 6.07) is 5.42. The van der Waals surface area contributed by atoms with E-state index >= 15 is 0 Å². The molecule has 1 aromatic carbocycles. The highest BCUT2D eigenvalue weighted by Crippen LogP contribution is 2.23. The third kappa shape index (κ3) is 4.04. The minimum absolute atomic E-state index is 0.0814. The number of halogens is 2. The monoisotopic (exact) mass is 284 g/mol. The van der Waals surface area contributed by atoms with Gasteiger partial charge in [0, 0.05) is 11.6 Å². The molecule has 0 aliphatic carbocycles. The molecular formula is C14H18Cl2N2. The summed E-state index contributed by atoms with van der Waals surface area (Å²) in [5.41, 5.74) is 6.79. The molecule has 0 aromatic heterocycles. The second-order valence-electron chi connectivity index (χ2n) is 4.74. The molecule has 18 heavy (non-hydrogen) atoms. The van der Waals surface area contributed by atoms with Crippen molar-refractivity contribution < 1.29 is 0 Å². The van der Waals surface area contributed by atoms with Gasteiger partial charge in [-0.15, -0.1) is 0 Å². The maximum atomic E-state index is 5.93. The molecule has 0 fully saturated rings. The van der Waals surface area contributed by atoms with Crippen LogP contribution in [0.2, 0.25) is 10.0 Å². The van der Waals surface area contributed by atoms with Gasteiger partial charge in [-0.25, -0.2) is 4.99 Å². The Kier molecular flexibility index (Phi) is 5.24. The second-order valence-corrected chi connectivity index (χ2v) is 5.56. The highest BCUT2D eigenvalue weighted by molar-refractivity contribution is 6.42. The predicted octanol–water partition coefficient (Wildman–Crippen LogP) is 4.76. The van der Waals surface area contributed by atoms with Crippen LogP contribution in [0.3, 0.4) is 0 Å². The lowest BCUT2D eigenvalue weighted by Gasteiger charge is -2.20. The Morgan fingerprint density at radius 3 is 2.56 bits per heavy atom. The lowest BCUT2D eigenvalue weighted by molar-refractivity contribution is 0.498. The summed E-state index contributed by atoms with van der Waals surface area (Å²) in [5, 5.41) is 1.08. The van der Waals surface area contributed by atoms with E-state index in [1.165, 1.54) is 0 Å². The molecule has 1 rings (SSSR count). The van der Waals surface area contributed by atoms with Crippen LogP contribution in [0.4, 0.5) is 0 Å². The van der Waals surface area contributed by atoms with E-state index in [0.717, 1.165) is 12.0 Å². The minimum atomic E-state index is -0.0814. The second kappa shape index (κ2) is 6.26. The molecule has 0 radical (unpaired) electrons. The van der Waals surface area contributed by atoms with E-state index < -0.39 is 0 Å². The summed E-state index contributed by atoms with van der Waals surface area (Å²) < 4.78 is 0. The first-order valence-corrected chi connectivity index (χ1v) is 6.58. The molecule has 0 spiro atoms. The van der Waals surface area contributed by atoms with Gasteiger partial charge in [0.25, 0.3) is 0 Å². The molecule has 2 nitrogen and oxygen atoms in total. The quantitative estimate of drug-likeness (QED) is 0.628. The maximum Gasteiger partial charge on any atom is 0.105 e. The number of aliphatic imine (C=N–C) groups is 1. The van der Waals surface area contributed by atoms with Crippen molar-refractivity contribution in [2.24, 2.45) is 16.1 Å². The molecule has 2 N–H and O–H groups in total. The van der Waals surface area contributed by atoms with E-state index in [4.69, 9.17) is 28.9 Å². The highest BCUT2D eigenvalue weighted by atomic mass is 35.5. The molecular weight excluding hydrogens is 267 g/mol. The van der Waals surface area contributed by atoms with Crippen molar-refractivity contribution in [3.05, 3.63) is 40.0 Å². The Bertz CT molecular complexity index is 477. The summed E-state index contributed by atoms with van der Waals surface area (Å²) in [7, 11) is 0. The van der Waals surface area contributed by atoms with Crippen molar-refractivity contribution >= 4 is 35.1 Å². The fourth-order valence-electron chi connectivity index (χ4n) is 1.18. The average Bonchev–Trinajstić information content (AvgIpc) is 2.33. The third-order valence-corrected chi connectivity index (χ3v) is 3.74. The zero-order chi connectivity index (χ0) is 13.8. The van der Waals surface area contributed by atoms with Crippen LogP contribution >= 0.6 is 23.2 Å². The first kappa shape index (κ1) is 15.1. The van der Waals surface area contributed by atoms with Gasteiger partial charge >= 0.3 is 0 Å². The van der Waals surface area contributed by atoms with Crippen molar-refractivity contribution in [1.29, 1.82) is 0 Å². The fraction of sp³-hybridized carbons (Fsp3) is 0.357. The van der Waals surface area contributed by atoms with Gasteiger partial charge in [-0.05, 0) is 30.2 Å². The Labute approximate surface area is 119 Å². The van der Waals surface area contributed by atoms with Gasteiger partial charge < -0.3 is 5.73 Å². The number of amidine groups is 1. The highest BCUT2D eigenvalue weighted by Gasteiger charge is 2.19. The number of benzene rings is 1. The van der Waals surface area contributed by atoms with Gasteiger partial charge in [0.2, 0.25) is 0 Å². The first-order chi connectivity index (χ1) is 8.36. The molecule has 0 saturated heterocycles. The van der Waals surface area contributed by atoms with E-state index in [1.807, 2.05) is 12.1 Å². The third-order valence-electron chi connectivity index (χ3n) is 3.00. The van der Waals surface area contributed by atoms with Gasteiger partial charge in [0.05, 0.1) is 10.0 Å². The van der Waals surface area contributed by atoms with E-state index in [0.29, 0.717) is 15.9 Å². The molecule has 0 unspecified atom stereocenters. The van der Waals surface area contributed by atoms with Crippen molar-refractivity contribution in [2.75, 3.05) is 0 Å². The van der Waals surface area contributed by atoms with E-state index in [2.05, 4.69) is 25.8 Å². The summed E-state index contributed by atoms with van der Waals surface area (Å²) in [5.74, 6) is 0.626. The Morgan fingerprint density at radius 2 is 2.00 bits per heavy atom. The lowest BCUT2D eigenvalue weighted by Crippen LogP contribution is -2.30. The average molecular weight is 285 g/mol. The van der Waals surface area contributed by atoms with E-state index in [1.54, 1.807) is 18.3 Å². The topological polar surface area (TPSA) is 38.4 Å². The normalized spacial score (nSPS) is 13.3. The Hall–Kier alpha value is -0.990. The van der Waals surface area contributed by atoms with Crippen LogP contribution in [0.5, 0.6) is 0 Å². The SMILES string of the molecule is CCC(C)(C)C(N)=NC=Cc1ccc(Cl)c(Cl)c1. The Balaban J connectivity index is 2.82. The predicted molar refractivity (Wildman–Crippen MR) is 81.2 cm³/mol. The van der Waals surface area contributed by atoms with Gasteiger partial charge in [-0.2, -0.15) is 0 Å². The molecule has 4 heteroatoms. The van der Waals surface area contributed by atoms with Crippen molar-refractivity contribution in [2.45, 2.75) is 27.2 Å². The van der Waals surface area contributed by atoms with Crippen LogP contribution in [0, 0.1) is 5.41 Å². The molecule has 0 saturated carbocycles. The maximum absolute atomic E-state index is 5.93.